The van der Waals surface area contributed by atoms with Gasteiger partial charge in [-0.1, -0.05) is 12.1 Å². The first-order valence-corrected chi connectivity index (χ1v) is 6.43. The van der Waals surface area contributed by atoms with E-state index in [1.807, 2.05) is 6.07 Å². The third-order valence-electron chi connectivity index (χ3n) is 3.39. The SMILES string of the molecule is CC(C#N)(NC(=O)COc1ccccc1C#N)C1CC1. The largest absolute Gasteiger partial charge is 0.482 e. The second-order valence-electron chi connectivity index (χ2n) is 5.03. The van der Waals surface area contributed by atoms with Gasteiger partial charge in [-0.2, -0.15) is 10.5 Å². The Labute approximate surface area is 117 Å². The highest BCUT2D eigenvalue weighted by atomic mass is 16.5. The number of nitrogens with zero attached hydrogens (tertiary/aromatic N) is 2. The van der Waals surface area contributed by atoms with Gasteiger partial charge in [0.15, 0.2) is 6.61 Å². The maximum atomic E-state index is 11.9. The summed E-state index contributed by atoms with van der Waals surface area (Å²) in [5, 5.41) is 20.8. The number of nitrogens with one attached hydrogen (secondary N) is 1. The summed E-state index contributed by atoms with van der Waals surface area (Å²) in [4.78, 5) is 11.9. The number of ether oxygens (including phenoxy) is 1. The van der Waals surface area contributed by atoms with Gasteiger partial charge in [0.2, 0.25) is 0 Å². The molecule has 0 radical (unpaired) electrons. The van der Waals surface area contributed by atoms with Gasteiger partial charge in [-0.05, 0) is 37.8 Å². The van der Waals surface area contributed by atoms with Gasteiger partial charge in [0, 0.05) is 0 Å². The molecular formula is C15H15N3O2. The number of benzene rings is 1. The van der Waals surface area contributed by atoms with E-state index in [1.54, 1.807) is 31.2 Å². The molecule has 2 rings (SSSR count). The lowest BCUT2D eigenvalue weighted by molar-refractivity contribution is -0.124. The molecule has 0 aromatic heterocycles. The molecule has 1 N–H and O–H groups in total. The van der Waals surface area contributed by atoms with Gasteiger partial charge in [0.05, 0.1) is 11.6 Å². The fourth-order valence-electron chi connectivity index (χ4n) is 2.04. The zero-order valence-corrected chi connectivity index (χ0v) is 11.2. The number of rotatable bonds is 5. The molecule has 5 heteroatoms. The summed E-state index contributed by atoms with van der Waals surface area (Å²) < 4.78 is 5.34. The number of carbonyl (C=O) groups excluding carboxylic acids is 1. The van der Waals surface area contributed by atoms with Crippen molar-refractivity contribution in [3.05, 3.63) is 29.8 Å². The normalized spacial score (nSPS) is 16.4. The van der Waals surface area contributed by atoms with E-state index >= 15 is 0 Å². The predicted octanol–water partition coefficient (Wildman–Crippen LogP) is 1.75. The second kappa shape index (κ2) is 5.63. The molecule has 0 spiro atoms. The summed E-state index contributed by atoms with van der Waals surface area (Å²) in [6.45, 7) is 1.52. The Bertz CT molecular complexity index is 596. The number of amides is 1. The average molecular weight is 269 g/mol. The summed E-state index contributed by atoms with van der Waals surface area (Å²) >= 11 is 0. The molecule has 1 atom stereocenters. The number of nitriles is 2. The van der Waals surface area contributed by atoms with Crippen LogP contribution in [0.3, 0.4) is 0 Å². The molecule has 1 aromatic rings. The third kappa shape index (κ3) is 3.07. The van der Waals surface area contributed by atoms with Crippen LogP contribution in [0, 0.1) is 28.6 Å². The van der Waals surface area contributed by atoms with Gasteiger partial charge in [0.1, 0.15) is 17.4 Å². The molecule has 0 bridgehead atoms. The van der Waals surface area contributed by atoms with E-state index < -0.39 is 5.54 Å². The minimum absolute atomic E-state index is 0.206. The molecule has 0 saturated heterocycles. The van der Waals surface area contributed by atoms with Crippen LogP contribution >= 0.6 is 0 Å². The first-order chi connectivity index (χ1) is 9.59. The van der Waals surface area contributed by atoms with Gasteiger partial charge >= 0.3 is 0 Å². The highest BCUT2D eigenvalue weighted by molar-refractivity contribution is 5.79. The number of carbonyl (C=O) groups is 1. The Morgan fingerprint density at radius 1 is 1.45 bits per heavy atom. The summed E-state index contributed by atoms with van der Waals surface area (Å²) in [6.07, 6.45) is 1.92. The summed E-state index contributed by atoms with van der Waals surface area (Å²) in [5.74, 6) is 0.242. The van der Waals surface area contributed by atoms with Crippen LogP contribution < -0.4 is 10.1 Å². The highest BCUT2D eigenvalue weighted by Crippen LogP contribution is 2.39. The van der Waals surface area contributed by atoms with Crippen LogP contribution in [0.25, 0.3) is 0 Å². The van der Waals surface area contributed by atoms with Crippen molar-refractivity contribution in [2.75, 3.05) is 6.61 Å². The third-order valence-corrected chi connectivity index (χ3v) is 3.39. The Hall–Kier alpha value is -2.53. The summed E-state index contributed by atoms with van der Waals surface area (Å²) in [5.41, 5.74) is -0.444. The summed E-state index contributed by atoms with van der Waals surface area (Å²) in [7, 11) is 0. The predicted molar refractivity (Wildman–Crippen MR) is 71.5 cm³/mol. The average Bonchev–Trinajstić information content (AvgIpc) is 3.30. The molecule has 1 aliphatic rings. The zero-order valence-electron chi connectivity index (χ0n) is 11.2. The van der Waals surface area contributed by atoms with Gasteiger partial charge in [0.25, 0.3) is 5.91 Å². The Balaban J connectivity index is 1.93. The molecule has 1 saturated carbocycles. The van der Waals surface area contributed by atoms with E-state index in [1.165, 1.54) is 0 Å². The monoisotopic (exact) mass is 269 g/mol. The lowest BCUT2D eigenvalue weighted by Crippen LogP contribution is -2.48. The summed E-state index contributed by atoms with van der Waals surface area (Å²) in [6, 6.07) is 10.9. The fraction of sp³-hybridized carbons (Fsp3) is 0.400. The van der Waals surface area contributed by atoms with Gasteiger partial charge in [-0.25, -0.2) is 0 Å². The molecule has 102 valence electrons. The van der Waals surface area contributed by atoms with Crippen molar-refractivity contribution in [2.45, 2.75) is 25.3 Å². The topological polar surface area (TPSA) is 85.9 Å². The van der Waals surface area contributed by atoms with E-state index in [2.05, 4.69) is 11.4 Å². The molecule has 0 aliphatic heterocycles. The molecule has 20 heavy (non-hydrogen) atoms. The smallest absolute Gasteiger partial charge is 0.259 e. The molecule has 1 amide bonds. The minimum atomic E-state index is -0.824. The maximum Gasteiger partial charge on any atom is 0.259 e. The van der Waals surface area contributed by atoms with Gasteiger partial charge in [-0.3, -0.25) is 4.79 Å². The first-order valence-electron chi connectivity index (χ1n) is 6.43. The lowest BCUT2D eigenvalue weighted by atomic mass is 9.98. The van der Waals surface area contributed by atoms with Crippen molar-refractivity contribution >= 4 is 5.91 Å². The van der Waals surface area contributed by atoms with Crippen molar-refractivity contribution in [3.8, 4) is 17.9 Å². The van der Waals surface area contributed by atoms with E-state index in [0.29, 0.717) is 11.3 Å². The van der Waals surface area contributed by atoms with Crippen molar-refractivity contribution in [1.82, 2.24) is 5.32 Å². The number of hydrogen-bond acceptors (Lipinski definition) is 4. The molecule has 5 nitrogen and oxygen atoms in total. The van der Waals surface area contributed by atoms with Gasteiger partial charge < -0.3 is 10.1 Å². The molecule has 0 heterocycles. The minimum Gasteiger partial charge on any atom is -0.482 e. The highest BCUT2D eigenvalue weighted by Gasteiger charge is 2.43. The van der Waals surface area contributed by atoms with Crippen LogP contribution in [0.4, 0.5) is 0 Å². The standard InChI is InChI=1S/C15H15N3O2/c1-15(10-17,12-6-7-12)18-14(19)9-20-13-5-3-2-4-11(13)8-16/h2-5,12H,6-7,9H2,1H3,(H,18,19). The first kappa shape index (κ1) is 13.9. The zero-order chi connectivity index (χ0) is 14.6. The van der Waals surface area contributed by atoms with Crippen LogP contribution in [-0.4, -0.2) is 18.1 Å². The van der Waals surface area contributed by atoms with Crippen molar-refractivity contribution in [3.63, 3.8) is 0 Å². The fourth-order valence-corrected chi connectivity index (χ4v) is 2.04. The maximum absolute atomic E-state index is 11.9. The van der Waals surface area contributed by atoms with Crippen molar-refractivity contribution < 1.29 is 9.53 Å². The van der Waals surface area contributed by atoms with Crippen LogP contribution in [0.15, 0.2) is 24.3 Å². The van der Waals surface area contributed by atoms with Crippen LogP contribution in [0.2, 0.25) is 0 Å². The van der Waals surface area contributed by atoms with E-state index in [-0.39, 0.29) is 18.4 Å². The lowest BCUT2D eigenvalue weighted by Gasteiger charge is -2.22. The second-order valence-corrected chi connectivity index (χ2v) is 5.03. The number of para-hydroxylation sites is 1. The van der Waals surface area contributed by atoms with Crippen LogP contribution in [0.1, 0.15) is 25.3 Å². The number of hydrogen-bond donors (Lipinski definition) is 1. The molecule has 1 aliphatic carbocycles. The Kier molecular flexibility index (Phi) is 3.91. The van der Waals surface area contributed by atoms with Gasteiger partial charge in [-0.15, -0.1) is 0 Å². The van der Waals surface area contributed by atoms with E-state index in [9.17, 15) is 4.79 Å². The molecule has 1 aromatic carbocycles. The quantitative estimate of drug-likeness (QED) is 0.882. The van der Waals surface area contributed by atoms with Crippen molar-refractivity contribution in [2.24, 2.45) is 5.92 Å². The Morgan fingerprint density at radius 2 is 2.15 bits per heavy atom. The van der Waals surface area contributed by atoms with Crippen LogP contribution in [-0.2, 0) is 4.79 Å². The molecule has 1 fully saturated rings. The molecular weight excluding hydrogens is 254 g/mol. The molecule has 1 unspecified atom stereocenters. The van der Waals surface area contributed by atoms with Crippen LogP contribution in [0.5, 0.6) is 5.75 Å². The Morgan fingerprint density at radius 3 is 2.75 bits per heavy atom. The van der Waals surface area contributed by atoms with Crippen molar-refractivity contribution in [1.29, 1.82) is 10.5 Å². The van der Waals surface area contributed by atoms with E-state index in [4.69, 9.17) is 15.3 Å². The van der Waals surface area contributed by atoms with E-state index in [0.717, 1.165) is 12.8 Å².